The number of hydrogen-bond donors (Lipinski definition) is 1. The molecule has 20 heavy (non-hydrogen) atoms. The van der Waals surface area contributed by atoms with Gasteiger partial charge in [-0.15, -0.1) is 0 Å². The first kappa shape index (κ1) is 14.7. The predicted molar refractivity (Wildman–Crippen MR) is 83.1 cm³/mol. The molecule has 2 rings (SSSR count). The van der Waals surface area contributed by atoms with Crippen LogP contribution in [0.15, 0.2) is 29.3 Å². The molecule has 0 aliphatic heterocycles. The lowest BCUT2D eigenvalue weighted by Gasteiger charge is -2.23. The molecule has 1 aliphatic rings. The van der Waals surface area contributed by atoms with E-state index in [4.69, 9.17) is 4.74 Å². The Bertz CT molecular complexity index is 496. The van der Waals surface area contributed by atoms with Crippen molar-refractivity contribution >= 4 is 5.96 Å². The lowest BCUT2D eigenvalue weighted by atomic mass is 10.2. The Morgan fingerprint density at radius 3 is 2.75 bits per heavy atom. The van der Waals surface area contributed by atoms with Gasteiger partial charge in [-0.25, -0.2) is 0 Å². The van der Waals surface area contributed by atoms with Gasteiger partial charge in [0.15, 0.2) is 5.96 Å². The average Bonchev–Trinajstić information content (AvgIpc) is 3.03. The van der Waals surface area contributed by atoms with Crippen molar-refractivity contribution in [2.75, 3.05) is 21.2 Å². The van der Waals surface area contributed by atoms with Crippen LogP contribution in [0.2, 0.25) is 0 Å². The normalized spacial score (nSPS) is 20.4. The number of ether oxygens (including phenoxy) is 1. The number of nitrogens with zero attached hydrogens (tertiary/aromatic N) is 2. The number of rotatable bonds is 4. The first-order valence-corrected chi connectivity index (χ1v) is 7.03. The summed E-state index contributed by atoms with van der Waals surface area (Å²) in [5, 5.41) is 3.52. The van der Waals surface area contributed by atoms with Crippen LogP contribution in [0.1, 0.15) is 25.8 Å². The van der Waals surface area contributed by atoms with Crippen LogP contribution in [0.25, 0.3) is 0 Å². The average molecular weight is 275 g/mol. The molecule has 0 bridgehead atoms. The van der Waals surface area contributed by atoms with E-state index >= 15 is 0 Å². The summed E-state index contributed by atoms with van der Waals surface area (Å²) in [5.41, 5.74) is 1.61. The van der Waals surface area contributed by atoms with Crippen LogP contribution in [0.4, 0.5) is 0 Å². The third-order valence-corrected chi connectivity index (χ3v) is 3.94. The fraction of sp³-hybridized carbons (Fsp3) is 0.562. The van der Waals surface area contributed by atoms with Crippen molar-refractivity contribution in [3.8, 4) is 5.75 Å². The molecule has 0 radical (unpaired) electrons. The molecule has 1 aromatic carbocycles. The zero-order chi connectivity index (χ0) is 14.8. The van der Waals surface area contributed by atoms with Crippen molar-refractivity contribution in [2.24, 2.45) is 10.4 Å². The number of guanidine groups is 1. The smallest absolute Gasteiger partial charge is 0.193 e. The van der Waals surface area contributed by atoms with E-state index in [1.165, 1.54) is 12.0 Å². The zero-order valence-corrected chi connectivity index (χ0v) is 13.1. The van der Waals surface area contributed by atoms with Gasteiger partial charge in [-0.05, 0) is 29.5 Å². The Balaban J connectivity index is 1.97. The standard InChI is InChI=1S/C16H25N3O/c1-16(2)10-14(16)18-15(17-3)19(4)11-12-7-6-8-13(9-12)20-5/h6-9,14H,10-11H2,1-5H3,(H,17,18). The molecule has 110 valence electrons. The van der Waals surface area contributed by atoms with Gasteiger partial charge in [0.25, 0.3) is 0 Å². The highest BCUT2D eigenvalue weighted by Crippen LogP contribution is 2.44. The van der Waals surface area contributed by atoms with Crippen LogP contribution in [0.5, 0.6) is 5.75 Å². The molecule has 0 saturated heterocycles. The first-order valence-electron chi connectivity index (χ1n) is 7.03. The van der Waals surface area contributed by atoms with Gasteiger partial charge in [0.2, 0.25) is 0 Å². The molecule has 4 nitrogen and oxygen atoms in total. The molecule has 1 aromatic rings. The highest BCUT2D eigenvalue weighted by atomic mass is 16.5. The predicted octanol–water partition coefficient (Wildman–Crippen LogP) is 2.50. The van der Waals surface area contributed by atoms with Crippen molar-refractivity contribution in [3.05, 3.63) is 29.8 Å². The molecular formula is C16H25N3O. The van der Waals surface area contributed by atoms with E-state index in [9.17, 15) is 0 Å². The van der Waals surface area contributed by atoms with Crippen LogP contribution < -0.4 is 10.1 Å². The van der Waals surface area contributed by atoms with Crippen LogP contribution in [0, 0.1) is 5.41 Å². The maximum absolute atomic E-state index is 5.26. The van der Waals surface area contributed by atoms with Crippen molar-refractivity contribution in [3.63, 3.8) is 0 Å². The quantitative estimate of drug-likeness (QED) is 0.677. The largest absolute Gasteiger partial charge is 0.497 e. The first-order chi connectivity index (χ1) is 9.46. The minimum Gasteiger partial charge on any atom is -0.497 e. The topological polar surface area (TPSA) is 36.9 Å². The molecule has 1 saturated carbocycles. The molecule has 4 heteroatoms. The molecule has 1 unspecified atom stereocenters. The van der Waals surface area contributed by atoms with Crippen LogP contribution in [-0.4, -0.2) is 38.1 Å². The number of methoxy groups -OCH3 is 1. The highest BCUT2D eigenvalue weighted by molar-refractivity contribution is 5.80. The molecule has 1 aliphatic carbocycles. The second kappa shape index (κ2) is 5.73. The van der Waals surface area contributed by atoms with Gasteiger partial charge in [0.05, 0.1) is 7.11 Å². The second-order valence-electron chi connectivity index (χ2n) is 6.14. The number of hydrogen-bond acceptors (Lipinski definition) is 2. The van der Waals surface area contributed by atoms with Gasteiger partial charge in [-0.3, -0.25) is 4.99 Å². The Morgan fingerprint density at radius 2 is 2.20 bits per heavy atom. The lowest BCUT2D eigenvalue weighted by molar-refractivity contribution is 0.412. The fourth-order valence-electron chi connectivity index (χ4n) is 2.33. The SMILES string of the molecule is CN=C(NC1CC1(C)C)N(C)Cc1cccc(OC)c1. The molecule has 0 aromatic heterocycles. The van der Waals surface area contributed by atoms with E-state index in [0.29, 0.717) is 11.5 Å². The van der Waals surface area contributed by atoms with E-state index in [-0.39, 0.29) is 0 Å². The van der Waals surface area contributed by atoms with Gasteiger partial charge >= 0.3 is 0 Å². The van der Waals surface area contributed by atoms with Gasteiger partial charge in [-0.2, -0.15) is 0 Å². The maximum Gasteiger partial charge on any atom is 0.193 e. The van der Waals surface area contributed by atoms with Crippen molar-refractivity contribution < 1.29 is 4.74 Å². The molecule has 1 atom stereocenters. The zero-order valence-electron chi connectivity index (χ0n) is 13.1. The third-order valence-electron chi connectivity index (χ3n) is 3.94. The van der Waals surface area contributed by atoms with Crippen molar-refractivity contribution in [1.29, 1.82) is 0 Å². The minimum atomic E-state index is 0.396. The van der Waals surface area contributed by atoms with Crippen LogP contribution in [-0.2, 0) is 6.54 Å². The number of benzene rings is 1. The monoisotopic (exact) mass is 275 g/mol. The number of aliphatic imine (C=N–C) groups is 1. The van der Waals surface area contributed by atoms with Crippen LogP contribution in [0.3, 0.4) is 0 Å². The summed E-state index contributed by atoms with van der Waals surface area (Å²) >= 11 is 0. The Labute approximate surface area is 121 Å². The van der Waals surface area contributed by atoms with Gasteiger partial charge < -0.3 is 15.0 Å². The van der Waals surface area contributed by atoms with E-state index in [1.54, 1.807) is 7.11 Å². The molecular weight excluding hydrogens is 250 g/mol. The Kier molecular flexibility index (Phi) is 4.21. The van der Waals surface area contributed by atoms with Gasteiger partial charge in [-0.1, -0.05) is 26.0 Å². The number of nitrogens with one attached hydrogen (secondary N) is 1. The summed E-state index contributed by atoms with van der Waals surface area (Å²) in [6, 6.07) is 8.68. The molecule has 1 fully saturated rings. The van der Waals surface area contributed by atoms with E-state index in [2.05, 4.69) is 48.2 Å². The van der Waals surface area contributed by atoms with Gasteiger partial charge in [0.1, 0.15) is 5.75 Å². The molecule has 1 N–H and O–H groups in total. The van der Waals surface area contributed by atoms with Crippen molar-refractivity contribution in [2.45, 2.75) is 32.9 Å². The second-order valence-corrected chi connectivity index (χ2v) is 6.14. The lowest BCUT2D eigenvalue weighted by Crippen LogP contribution is -2.40. The Morgan fingerprint density at radius 1 is 1.50 bits per heavy atom. The molecule has 0 amide bonds. The summed E-state index contributed by atoms with van der Waals surface area (Å²) in [4.78, 5) is 6.51. The van der Waals surface area contributed by atoms with E-state index in [1.807, 2.05) is 19.2 Å². The summed E-state index contributed by atoms with van der Waals surface area (Å²) in [5.74, 6) is 1.84. The highest BCUT2D eigenvalue weighted by Gasteiger charge is 2.46. The van der Waals surface area contributed by atoms with E-state index in [0.717, 1.165) is 18.3 Å². The minimum absolute atomic E-state index is 0.396. The van der Waals surface area contributed by atoms with Crippen LogP contribution >= 0.6 is 0 Å². The fourth-order valence-corrected chi connectivity index (χ4v) is 2.33. The molecule has 0 heterocycles. The van der Waals surface area contributed by atoms with Crippen molar-refractivity contribution in [1.82, 2.24) is 10.2 Å². The Hall–Kier alpha value is -1.71. The van der Waals surface area contributed by atoms with E-state index < -0.39 is 0 Å². The summed E-state index contributed by atoms with van der Waals surface area (Å²) in [6.07, 6.45) is 1.21. The summed E-state index contributed by atoms with van der Waals surface area (Å²) in [6.45, 7) is 5.37. The summed E-state index contributed by atoms with van der Waals surface area (Å²) < 4.78 is 5.26. The third kappa shape index (κ3) is 3.44. The van der Waals surface area contributed by atoms with Gasteiger partial charge in [0, 0.05) is 26.7 Å². The molecule has 0 spiro atoms. The maximum atomic E-state index is 5.26. The summed E-state index contributed by atoms with van der Waals surface area (Å²) in [7, 11) is 5.59.